The SMILES string of the molecule is CN(C(=O)O)C1CCN(CCN)CC1. The van der Waals surface area contributed by atoms with Crippen LogP contribution in [0.1, 0.15) is 12.8 Å². The normalized spacial score (nSPS) is 19.6. The van der Waals surface area contributed by atoms with Gasteiger partial charge in [0.05, 0.1) is 0 Å². The number of amides is 1. The van der Waals surface area contributed by atoms with E-state index < -0.39 is 6.09 Å². The molecule has 5 heteroatoms. The molecule has 0 atom stereocenters. The number of piperidine rings is 1. The molecular formula is C9H19N3O2. The molecule has 0 aromatic carbocycles. The highest BCUT2D eigenvalue weighted by atomic mass is 16.4. The number of carbonyl (C=O) groups is 1. The molecule has 1 amide bonds. The number of hydrogen-bond donors (Lipinski definition) is 2. The first kappa shape index (κ1) is 11.3. The molecule has 0 bridgehead atoms. The molecule has 1 aliphatic rings. The van der Waals surface area contributed by atoms with Crippen molar-refractivity contribution in [1.29, 1.82) is 0 Å². The molecule has 1 fully saturated rings. The second-order valence-corrected chi connectivity index (χ2v) is 3.75. The van der Waals surface area contributed by atoms with Gasteiger partial charge in [0.1, 0.15) is 0 Å². The van der Waals surface area contributed by atoms with Crippen LogP contribution in [0.4, 0.5) is 4.79 Å². The van der Waals surface area contributed by atoms with E-state index in [1.165, 1.54) is 4.90 Å². The molecule has 0 radical (unpaired) electrons. The van der Waals surface area contributed by atoms with E-state index in [1.807, 2.05) is 0 Å². The quantitative estimate of drug-likeness (QED) is 0.675. The monoisotopic (exact) mass is 201 g/mol. The maximum absolute atomic E-state index is 10.7. The van der Waals surface area contributed by atoms with Gasteiger partial charge in [-0.15, -0.1) is 0 Å². The molecule has 3 N–H and O–H groups in total. The fourth-order valence-corrected chi connectivity index (χ4v) is 1.87. The van der Waals surface area contributed by atoms with E-state index in [0.29, 0.717) is 6.54 Å². The van der Waals surface area contributed by atoms with Gasteiger partial charge in [-0.05, 0) is 12.8 Å². The predicted molar refractivity (Wildman–Crippen MR) is 54.3 cm³/mol. The van der Waals surface area contributed by atoms with Gasteiger partial charge in [0.2, 0.25) is 0 Å². The summed E-state index contributed by atoms with van der Waals surface area (Å²) in [7, 11) is 1.64. The minimum absolute atomic E-state index is 0.182. The molecule has 1 saturated heterocycles. The Morgan fingerprint density at radius 1 is 1.57 bits per heavy atom. The second kappa shape index (κ2) is 5.17. The highest BCUT2D eigenvalue weighted by Crippen LogP contribution is 2.14. The van der Waals surface area contributed by atoms with E-state index in [2.05, 4.69) is 4.90 Å². The van der Waals surface area contributed by atoms with Crippen molar-refractivity contribution < 1.29 is 9.90 Å². The molecule has 1 heterocycles. The van der Waals surface area contributed by atoms with Crippen molar-refractivity contribution in [2.75, 3.05) is 33.2 Å². The summed E-state index contributed by atoms with van der Waals surface area (Å²) in [5, 5.41) is 8.80. The topological polar surface area (TPSA) is 69.8 Å². The van der Waals surface area contributed by atoms with Crippen LogP contribution in [0, 0.1) is 0 Å². The molecule has 5 nitrogen and oxygen atoms in total. The Bertz CT molecular complexity index is 190. The van der Waals surface area contributed by atoms with Crippen LogP contribution in [0.3, 0.4) is 0 Å². The molecule has 82 valence electrons. The first-order chi connectivity index (χ1) is 6.65. The molecule has 0 spiro atoms. The van der Waals surface area contributed by atoms with Gasteiger partial charge < -0.3 is 20.6 Å². The van der Waals surface area contributed by atoms with Crippen molar-refractivity contribution in [3.8, 4) is 0 Å². The highest BCUT2D eigenvalue weighted by molar-refractivity contribution is 5.64. The number of hydrogen-bond acceptors (Lipinski definition) is 3. The van der Waals surface area contributed by atoms with Crippen LogP contribution in [-0.4, -0.2) is 60.3 Å². The van der Waals surface area contributed by atoms with E-state index >= 15 is 0 Å². The third-order valence-electron chi connectivity index (χ3n) is 2.85. The summed E-state index contributed by atoms with van der Waals surface area (Å²) >= 11 is 0. The number of likely N-dealkylation sites (tertiary alicyclic amines) is 1. The maximum atomic E-state index is 10.7. The summed E-state index contributed by atoms with van der Waals surface area (Å²) in [4.78, 5) is 14.4. The lowest BCUT2D eigenvalue weighted by Gasteiger charge is -2.35. The predicted octanol–water partition coefficient (Wildman–Crippen LogP) is 0.0193. The van der Waals surface area contributed by atoms with E-state index in [-0.39, 0.29) is 6.04 Å². The van der Waals surface area contributed by atoms with Gasteiger partial charge >= 0.3 is 6.09 Å². The first-order valence-electron chi connectivity index (χ1n) is 5.03. The fourth-order valence-electron chi connectivity index (χ4n) is 1.87. The smallest absolute Gasteiger partial charge is 0.407 e. The minimum Gasteiger partial charge on any atom is -0.465 e. The van der Waals surface area contributed by atoms with Crippen LogP contribution in [0.15, 0.2) is 0 Å². The molecule has 1 aliphatic heterocycles. The van der Waals surface area contributed by atoms with Crippen molar-refractivity contribution in [1.82, 2.24) is 9.80 Å². The van der Waals surface area contributed by atoms with Gasteiger partial charge in [-0.3, -0.25) is 0 Å². The van der Waals surface area contributed by atoms with Gasteiger partial charge in [0.25, 0.3) is 0 Å². The maximum Gasteiger partial charge on any atom is 0.407 e. The summed E-state index contributed by atoms with van der Waals surface area (Å²) in [5.41, 5.74) is 5.46. The zero-order valence-corrected chi connectivity index (χ0v) is 8.65. The minimum atomic E-state index is -0.831. The van der Waals surface area contributed by atoms with Crippen LogP contribution >= 0.6 is 0 Å². The third kappa shape index (κ3) is 2.85. The Hall–Kier alpha value is -0.810. The van der Waals surface area contributed by atoms with Crippen LogP contribution in [0.5, 0.6) is 0 Å². The van der Waals surface area contributed by atoms with Gasteiger partial charge in [-0.2, -0.15) is 0 Å². The molecule has 14 heavy (non-hydrogen) atoms. The lowest BCUT2D eigenvalue weighted by Crippen LogP contribution is -2.46. The molecule has 0 unspecified atom stereocenters. The highest BCUT2D eigenvalue weighted by Gasteiger charge is 2.24. The molecule has 0 aliphatic carbocycles. The third-order valence-corrected chi connectivity index (χ3v) is 2.85. The van der Waals surface area contributed by atoms with Gasteiger partial charge in [-0.1, -0.05) is 0 Å². The van der Waals surface area contributed by atoms with E-state index in [4.69, 9.17) is 10.8 Å². The van der Waals surface area contributed by atoms with Crippen LogP contribution in [0.2, 0.25) is 0 Å². The van der Waals surface area contributed by atoms with Crippen molar-refractivity contribution >= 4 is 6.09 Å². The van der Waals surface area contributed by atoms with Crippen LogP contribution < -0.4 is 5.73 Å². The van der Waals surface area contributed by atoms with Gasteiger partial charge in [0.15, 0.2) is 0 Å². The van der Waals surface area contributed by atoms with Gasteiger partial charge in [-0.25, -0.2) is 4.79 Å². The standard InChI is InChI=1S/C9H19N3O2/c1-11(9(13)14)8-2-5-12(6-3-8)7-4-10/h8H,2-7,10H2,1H3,(H,13,14). The molecule has 0 aromatic heterocycles. The lowest BCUT2D eigenvalue weighted by atomic mass is 10.0. The summed E-state index contributed by atoms with van der Waals surface area (Å²) in [6, 6.07) is 0.182. The van der Waals surface area contributed by atoms with Crippen molar-refractivity contribution in [2.24, 2.45) is 5.73 Å². The number of rotatable bonds is 3. The van der Waals surface area contributed by atoms with E-state index in [0.717, 1.165) is 32.5 Å². The molecule has 0 saturated carbocycles. The number of carboxylic acid groups (broad SMARTS) is 1. The zero-order valence-electron chi connectivity index (χ0n) is 8.65. The Kier molecular flexibility index (Phi) is 4.16. The van der Waals surface area contributed by atoms with Crippen LogP contribution in [-0.2, 0) is 0 Å². The lowest BCUT2D eigenvalue weighted by molar-refractivity contribution is 0.106. The van der Waals surface area contributed by atoms with Gasteiger partial charge in [0, 0.05) is 39.3 Å². The summed E-state index contributed by atoms with van der Waals surface area (Å²) < 4.78 is 0. The summed E-state index contributed by atoms with van der Waals surface area (Å²) in [6.45, 7) is 3.52. The van der Waals surface area contributed by atoms with Crippen LogP contribution in [0.25, 0.3) is 0 Å². The number of nitrogens with zero attached hydrogens (tertiary/aromatic N) is 2. The molecule has 0 aromatic rings. The Balaban J connectivity index is 2.31. The molecule has 1 rings (SSSR count). The first-order valence-corrected chi connectivity index (χ1v) is 5.03. The van der Waals surface area contributed by atoms with E-state index in [1.54, 1.807) is 7.05 Å². The average molecular weight is 201 g/mol. The van der Waals surface area contributed by atoms with Crippen molar-refractivity contribution in [2.45, 2.75) is 18.9 Å². The largest absolute Gasteiger partial charge is 0.465 e. The molecular weight excluding hydrogens is 182 g/mol. The second-order valence-electron chi connectivity index (χ2n) is 3.75. The average Bonchev–Trinajstić information content (AvgIpc) is 2.18. The Morgan fingerprint density at radius 3 is 2.57 bits per heavy atom. The fraction of sp³-hybridized carbons (Fsp3) is 0.889. The number of nitrogens with two attached hydrogens (primary N) is 1. The van der Waals surface area contributed by atoms with Crippen molar-refractivity contribution in [3.05, 3.63) is 0 Å². The summed E-state index contributed by atoms with van der Waals surface area (Å²) in [6.07, 6.45) is 1.01. The Morgan fingerprint density at radius 2 is 2.14 bits per heavy atom. The van der Waals surface area contributed by atoms with E-state index in [9.17, 15) is 4.79 Å². The zero-order chi connectivity index (χ0) is 10.6. The van der Waals surface area contributed by atoms with Crippen molar-refractivity contribution in [3.63, 3.8) is 0 Å². The summed E-state index contributed by atoms with van der Waals surface area (Å²) in [5.74, 6) is 0. The Labute approximate surface area is 84.5 Å².